The largest absolute Gasteiger partial charge is 0.465 e. The van der Waals surface area contributed by atoms with Crippen molar-refractivity contribution in [2.45, 2.75) is 48.6 Å². The van der Waals surface area contributed by atoms with E-state index in [-0.39, 0.29) is 48.7 Å². The highest BCUT2D eigenvalue weighted by Crippen LogP contribution is 2.68. The standard InChI is InChI=1S/C28H35ClN2O5S/c1-4-6-16-36-27(35)22-21-17-18(3)28(37-21)23(22)25(33)31(14-7-8-15-32)24(28)26(34)30(13-5-2)20-11-9-19(29)10-12-20/h4-5,9-12,18,21-24,32H,1-2,6-8,13-17H2,3H3/t18?,21-,22+,23+,24?,28?/m1/s1. The van der Waals surface area contributed by atoms with Crippen molar-refractivity contribution in [2.24, 2.45) is 17.8 Å². The molecule has 1 spiro atoms. The normalized spacial score (nSPS) is 29.8. The van der Waals surface area contributed by atoms with Gasteiger partial charge in [-0.2, -0.15) is 0 Å². The van der Waals surface area contributed by atoms with Gasteiger partial charge in [-0.3, -0.25) is 14.4 Å². The van der Waals surface area contributed by atoms with Crippen molar-refractivity contribution in [3.8, 4) is 0 Å². The van der Waals surface area contributed by atoms with Crippen LogP contribution in [-0.2, 0) is 19.1 Å². The van der Waals surface area contributed by atoms with E-state index in [2.05, 4.69) is 20.1 Å². The number of hydrogen-bond acceptors (Lipinski definition) is 6. The fourth-order valence-electron chi connectivity index (χ4n) is 6.26. The summed E-state index contributed by atoms with van der Waals surface area (Å²) < 4.78 is 4.82. The van der Waals surface area contributed by atoms with E-state index in [9.17, 15) is 19.5 Å². The van der Waals surface area contributed by atoms with Crippen molar-refractivity contribution in [3.05, 3.63) is 54.6 Å². The SMILES string of the molecule is C=CCCOC(=O)[C@@H]1[C@H]2C(=O)N(CCCCO)C(C(=O)N(CC=C)c3ccc(Cl)cc3)C23S[C@@H]1CC3C. The molecule has 2 amide bonds. The molecule has 3 aliphatic rings. The van der Waals surface area contributed by atoms with Gasteiger partial charge in [-0.1, -0.05) is 30.7 Å². The maximum Gasteiger partial charge on any atom is 0.310 e. The Morgan fingerprint density at radius 1 is 1.27 bits per heavy atom. The molecular weight excluding hydrogens is 512 g/mol. The summed E-state index contributed by atoms with van der Waals surface area (Å²) in [5, 5.41) is 9.85. The average molecular weight is 547 g/mol. The maximum atomic E-state index is 14.4. The third-order valence-electron chi connectivity index (χ3n) is 7.84. The fourth-order valence-corrected chi connectivity index (χ4v) is 8.79. The summed E-state index contributed by atoms with van der Waals surface area (Å²) in [6, 6.07) is 6.29. The van der Waals surface area contributed by atoms with Crippen LogP contribution in [0.3, 0.4) is 0 Å². The monoisotopic (exact) mass is 546 g/mol. The molecule has 3 fully saturated rings. The molecular formula is C28H35ClN2O5S. The minimum atomic E-state index is -0.740. The van der Waals surface area contributed by atoms with Gasteiger partial charge in [0.15, 0.2) is 0 Å². The van der Waals surface area contributed by atoms with Crippen LogP contribution in [0.15, 0.2) is 49.6 Å². The molecule has 200 valence electrons. The molecule has 7 nitrogen and oxygen atoms in total. The summed E-state index contributed by atoms with van der Waals surface area (Å²) in [7, 11) is 0. The van der Waals surface area contributed by atoms with Gasteiger partial charge >= 0.3 is 5.97 Å². The Kier molecular flexibility index (Phi) is 8.71. The number of carbonyl (C=O) groups excluding carboxylic acids is 3. The minimum absolute atomic E-state index is 0.00800. The number of fused-ring (bicyclic) bond motifs is 1. The van der Waals surface area contributed by atoms with Crippen LogP contribution < -0.4 is 4.90 Å². The zero-order valence-corrected chi connectivity index (χ0v) is 22.8. The van der Waals surface area contributed by atoms with E-state index in [1.807, 2.05) is 0 Å². The molecule has 9 heteroatoms. The van der Waals surface area contributed by atoms with Crippen molar-refractivity contribution in [3.63, 3.8) is 0 Å². The van der Waals surface area contributed by atoms with Crippen molar-refractivity contribution >= 4 is 46.8 Å². The van der Waals surface area contributed by atoms with Gasteiger partial charge in [-0.05, 0) is 55.9 Å². The van der Waals surface area contributed by atoms with E-state index in [0.29, 0.717) is 36.5 Å². The molecule has 3 heterocycles. The first-order valence-electron chi connectivity index (χ1n) is 12.9. The Labute approximate surface area is 227 Å². The predicted molar refractivity (Wildman–Crippen MR) is 146 cm³/mol. The Morgan fingerprint density at radius 2 is 2.00 bits per heavy atom. The Hall–Kier alpha value is -2.29. The molecule has 0 radical (unpaired) electrons. The number of nitrogens with zero attached hydrogens (tertiary/aromatic N) is 2. The number of ether oxygens (including phenoxy) is 1. The van der Waals surface area contributed by atoms with Crippen LogP contribution in [0.25, 0.3) is 0 Å². The second kappa shape index (κ2) is 11.6. The van der Waals surface area contributed by atoms with Crippen molar-refractivity contribution in [1.29, 1.82) is 0 Å². The summed E-state index contributed by atoms with van der Waals surface area (Å²) in [4.78, 5) is 45.0. The Morgan fingerprint density at radius 3 is 2.65 bits per heavy atom. The lowest BCUT2D eigenvalue weighted by atomic mass is 9.66. The highest BCUT2D eigenvalue weighted by atomic mass is 35.5. The molecule has 0 saturated carbocycles. The van der Waals surface area contributed by atoms with Crippen LogP contribution >= 0.6 is 23.4 Å². The lowest BCUT2D eigenvalue weighted by Crippen LogP contribution is -2.57. The van der Waals surface area contributed by atoms with E-state index in [1.54, 1.807) is 58.0 Å². The van der Waals surface area contributed by atoms with Gasteiger partial charge < -0.3 is 19.6 Å². The van der Waals surface area contributed by atoms with Gasteiger partial charge in [0, 0.05) is 35.7 Å². The molecule has 6 atom stereocenters. The number of carbonyl (C=O) groups is 3. The zero-order chi connectivity index (χ0) is 26.7. The second-order valence-corrected chi connectivity index (χ2v) is 12.0. The molecule has 2 bridgehead atoms. The van der Waals surface area contributed by atoms with Crippen LogP contribution in [0, 0.1) is 17.8 Å². The predicted octanol–water partition coefficient (Wildman–Crippen LogP) is 4.09. The van der Waals surface area contributed by atoms with Gasteiger partial charge in [0.05, 0.1) is 23.2 Å². The topological polar surface area (TPSA) is 87.1 Å². The van der Waals surface area contributed by atoms with E-state index in [4.69, 9.17) is 16.3 Å². The van der Waals surface area contributed by atoms with Crippen molar-refractivity contribution in [1.82, 2.24) is 4.90 Å². The van der Waals surface area contributed by atoms with Crippen molar-refractivity contribution in [2.75, 3.05) is 31.2 Å². The molecule has 37 heavy (non-hydrogen) atoms. The molecule has 1 aromatic carbocycles. The molecule has 0 aliphatic carbocycles. The Balaban J connectivity index is 1.74. The van der Waals surface area contributed by atoms with E-state index < -0.39 is 22.6 Å². The number of halogens is 1. The van der Waals surface area contributed by atoms with Gasteiger partial charge in [0.25, 0.3) is 5.91 Å². The lowest BCUT2D eigenvalue weighted by molar-refractivity contribution is -0.154. The van der Waals surface area contributed by atoms with Gasteiger partial charge in [0.2, 0.25) is 5.91 Å². The van der Waals surface area contributed by atoms with Crippen LogP contribution in [0.1, 0.15) is 32.6 Å². The number of aliphatic hydroxyl groups is 1. The van der Waals surface area contributed by atoms with E-state index >= 15 is 0 Å². The van der Waals surface area contributed by atoms with Crippen molar-refractivity contribution < 1.29 is 24.2 Å². The average Bonchev–Trinajstić information content (AvgIpc) is 3.47. The number of aliphatic hydroxyl groups excluding tert-OH is 1. The number of hydrogen-bond donors (Lipinski definition) is 1. The molecule has 3 unspecified atom stereocenters. The Bertz CT molecular complexity index is 1050. The maximum absolute atomic E-state index is 14.4. The summed E-state index contributed by atoms with van der Waals surface area (Å²) >= 11 is 7.72. The third-order valence-corrected chi connectivity index (χ3v) is 10.2. The number of benzene rings is 1. The molecule has 3 aliphatic heterocycles. The molecule has 1 N–H and O–H groups in total. The molecule has 1 aromatic rings. The van der Waals surface area contributed by atoms with Gasteiger partial charge in [-0.15, -0.1) is 24.9 Å². The summed E-state index contributed by atoms with van der Waals surface area (Å²) in [5.74, 6) is -1.88. The number of rotatable bonds is 12. The number of amides is 2. The summed E-state index contributed by atoms with van der Waals surface area (Å²) in [5.41, 5.74) is 0.669. The first-order chi connectivity index (χ1) is 17.8. The highest BCUT2D eigenvalue weighted by Gasteiger charge is 2.76. The lowest BCUT2D eigenvalue weighted by Gasteiger charge is -2.40. The van der Waals surface area contributed by atoms with Crippen LogP contribution in [0.5, 0.6) is 0 Å². The number of anilines is 1. The second-order valence-electron chi connectivity index (χ2n) is 9.97. The van der Waals surface area contributed by atoms with Crippen LogP contribution in [0.4, 0.5) is 5.69 Å². The highest BCUT2D eigenvalue weighted by molar-refractivity contribution is 8.02. The van der Waals surface area contributed by atoms with Crippen LogP contribution in [0.2, 0.25) is 5.02 Å². The van der Waals surface area contributed by atoms with E-state index in [0.717, 1.165) is 6.42 Å². The van der Waals surface area contributed by atoms with Gasteiger partial charge in [0.1, 0.15) is 6.04 Å². The molecule has 3 saturated heterocycles. The van der Waals surface area contributed by atoms with E-state index in [1.165, 1.54) is 0 Å². The number of thioether (sulfide) groups is 1. The number of unbranched alkanes of at least 4 members (excludes halogenated alkanes) is 1. The molecule has 4 rings (SSSR count). The first kappa shape index (κ1) is 27.7. The quantitative estimate of drug-likeness (QED) is 0.241. The minimum Gasteiger partial charge on any atom is -0.465 e. The summed E-state index contributed by atoms with van der Waals surface area (Å²) in [6.07, 6.45) is 5.73. The first-order valence-corrected chi connectivity index (χ1v) is 14.1. The number of likely N-dealkylation sites (tertiary alicyclic amines) is 1. The van der Waals surface area contributed by atoms with Crippen LogP contribution in [-0.4, -0.2) is 70.1 Å². The molecule has 0 aromatic heterocycles. The fraction of sp³-hybridized carbons (Fsp3) is 0.536. The smallest absolute Gasteiger partial charge is 0.310 e. The van der Waals surface area contributed by atoms with Gasteiger partial charge in [-0.25, -0.2) is 0 Å². The third kappa shape index (κ3) is 4.84. The number of esters is 1. The zero-order valence-electron chi connectivity index (χ0n) is 21.2. The summed E-state index contributed by atoms with van der Waals surface area (Å²) in [6.45, 7) is 10.4.